The van der Waals surface area contributed by atoms with Crippen LogP contribution in [0.2, 0.25) is 0 Å². The first kappa shape index (κ1) is 14.6. The molecule has 0 radical (unpaired) electrons. The van der Waals surface area contributed by atoms with Crippen LogP contribution in [0.1, 0.15) is 24.8 Å². The van der Waals surface area contributed by atoms with Gasteiger partial charge in [0.15, 0.2) is 0 Å². The Kier molecular flexibility index (Phi) is 5.48. The standard InChI is InChI=1S/C14H20N2OS2/c1-19-12-7-4-6-11(13(12)14(15)18)16-9-10-5-2-3-8-17-10/h4,6-7,10,16H,2-3,5,8-9H2,1H3,(H2,15,18). The van der Waals surface area contributed by atoms with E-state index in [9.17, 15) is 0 Å². The van der Waals surface area contributed by atoms with E-state index in [-0.39, 0.29) is 0 Å². The highest BCUT2D eigenvalue weighted by Crippen LogP contribution is 2.27. The molecule has 19 heavy (non-hydrogen) atoms. The average Bonchev–Trinajstić information content (AvgIpc) is 2.45. The maximum atomic E-state index is 5.85. The van der Waals surface area contributed by atoms with Gasteiger partial charge in [-0.1, -0.05) is 18.3 Å². The molecule has 2 rings (SSSR count). The smallest absolute Gasteiger partial charge is 0.107 e. The number of ether oxygens (including phenoxy) is 1. The molecular formula is C14H20N2OS2. The predicted molar refractivity (Wildman–Crippen MR) is 86.2 cm³/mol. The first-order valence-corrected chi connectivity index (χ1v) is 8.18. The van der Waals surface area contributed by atoms with Crippen LogP contribution in [-0.2, 0) is 4.74 Å². The van der Waals surface area contributed by atoms with Crippen LogP contribution in [0.4, 0.5) is 5.69 Å². The van der Waals surface area contributed by atoms with E-state index in [0.29, 0.717) is 11.1 Å². The van der Waals surface area contributed by atoms with Gasteiger partial charge in [0.2, 0.25) is 0 Å². The minimum Gasteiger partial charge on any atom is -0.389 e. The fourth-order valence-electron chi connectivity index (χ4n) is 2.29. The normalized spacial score (nSPS) is 19.1. The Morgan fingerprint density at radius 1 is 1.53 bits per heavy atom. The van der Waals surface area contributed by atoms with E-state index in [1.54, 1.807) is 11.8 Å². The van der Waals surface area contributed by atoms with Crippen molar-refractivity contribution in [2.75, 3.05) is 24.7 Å². The summed E-state index contributed by atoms with van der Waals surface area (Å²) in [6.45, 7) is 1.69. The molecule has 1 aromatic rings. The molecule has 1 saturated heterocycles. The quantitative estimate of drug-likeness (QED) is 0.646. The van der Waals surface area contributed by atoms with Gasteiger partial charge in [0.25, 0.3) is 0 Å². The Morgan fingerprint density at radius 3 is 3.00 bits per heavy atom. The summed E-state index contributed by atoms with van der Waals surface area (Å²) in [5.74, 6) is 0. The van der Waals surface area contributed by atoms with Gasteiger partial charge in [-0.25, -0.2) is 0 Å². The fourth-order valence-corrected chi connectivity index (χ4v) is 3.22. The van der Waals surface area contributed by atoms with Crippen LogP contribution in [0.25, 0.3) is 0 Å². The number of benzene rings is 1. The van der Waals surface area contributed by atoms with Crippen molar-refractivity contribution in [3.8, 4) is 0 Å². The molecule has 0 saturated carbocycles. The number of nitrogens with two attached hydrogens (primary N) is 1. The number of thioether (sulfide) groups is 1. The maximum absolute atomic E-state index is 5.85. The second kappa shape index (κ2) is 7.12. The molecule has 0 aliphatic carbocycles. The van der Waals surface area contributed by atoms with E-state index in [0.717, 1.165) is 35.7 Å². The predicted octanol–water partition coefficient (Wildman–Crippen LogP) is 3.02. The average molecular weight is 296 g/mol. The van der Waals surface area contributed by atoms with Gasteiger partial charge in [0.05, 0.1) is 6.10 Å². The van der Waals surface area contributed by atoms with Crippen LogP contribution in [0.3, 0.4) is 0 Å². The molecular weight excluding hydrogens is 276 g/mol. The molecule has 0 aromatic heterocycles. The summed E-state index contributed by atoms with van der Waals surface area (Å²) < 4.78 is 5.72. The summed E-state index contributed by atoms with van der Waals surface area (Å²) in [6.07, 6.45) is 5.88. The van der Waals surface area contributed by atoms with Crippen LogP contribution in [0.5, 0.6) is 0 Å². The molecule has 1 unspecified atom stereocenters. The third kappa shape index (κ3) is 3.84. The van der Waals surface area contributed by atoms with Gasteiger partial charge in [0, 0.05) is 29.3 Å². The van der Waals surface area contributed by atoms with Crippen LogP contribution in [0.15, 0.2) is 23.1 Å². The van der Waals surface area contributed by atoms with Gasteiger partial charge >= 0.3 is 0 Å². The largest absolute Gasteiger partial charge is 0.389 e. The number of hydrogen-bond acceptors (Lipinski definition) is 4. The molecule has 5 heteroatoms. The van der Waals surface area contributed by atoms with E-state index in [1.165, 1.54) is 12.8 Å². The Balaban J connectivity index is 2.08. The monoisotopic (exact) mass is 296 g/mol. The van der Waals surface area contributed by atoms with Gasteiger partial charge in [0.1, 0.15) is 4.99 Å². The lowest BCUT2D eigenvalue weighted by molar-refractivity contribution is 0.0247. The van der Waals surface area contributed by atoms with Crippen molar-refractivity contribution >= 4 is 34.7 Å². The van der Waals surface area contributed by atoms with Crippen molar-refractivity contribution in [1.29, 1.82) is 0 Å². The van der Waals surface area contributed by atoms with E-state index in [1.807, 2.05) is 24.5 Å². The van der Waals surface area contributed by atoms with E-state index in [4.69, 9.17) is 22.7 Å². The molecule has 0 spiro atoms. The molecule has 3 N–H and O–H groups in total. The van der Waals surface area contributed by atoms with Crippen molar-refractivity contribution in [3.05, 3.63) is 23.8 Å². The molecule has 1 fully saturated rings. The first-order chi connectivity index (χ1) is 9.22. The highest BCUT2D eigenvalue weighted by molar-refractivity contribution is 7.98. The second-order valence-electron chi connectivity index (χ2n) is 4.62. The Labute approximate surface area is 124 Å². The lowest BCUT2D eigenvalue weighted by Gasteiger charge is -2.24. The van der Waals surface area contributed by atoms with Crippen LogP contribution in [0, 0.1) is 0 Å². The van der Waals surface area contributed by atoms with Crippen LogP contribution < -0.4 is 11.1 Å². The third-order valence-corrected chi connectivity index (χ3v) is 4.27. The Hall–Kier alpha value is -0.780. The van der Waals surface area contributed by atoms with Gasteiger partial charge in [-0.15, -0.1) is 11.8 Å². The molecule has 104 valence electrons. The van der Waals surface area contributed by atoms with Crippen LogP contribution in [-0.4, -0.2) is 30.5 Å². The number of rotatable bonds is 5. The molecule has 1 heterocycles. The lowest BCUT2D eigenvalue weighted by atomic mass is 10.1. The zero-order valence-electron chi connectivity index (χ0n) is 11.1. The molecule has 1 aliphatic rings. The third-order valence-electron chi connectivity index (χ3n) is 3.29. The highest BCUT2D eigenvalue weighted by Gasteiger charge is 2.15. The summed E-state index contributed by atoms with van der Waals surface area (Å²) in [7, 11) is 0. The fraction of sp³-hybridized carbons (Fsp3) is 0.500. The molecule has 3 nitrogen and oxygen atoms in total. The van der Waals surface area contributed by atoms with Crippen LogP contribution >= 0.6 is 24.0 Å². The summed E-state index contributed by atoms with van der Waals surface area (Å²) >= 11 is 6.83. The maximum Gasteiger partial charge on any atom is 0.107 e. The summed E-state index contributed by atoms with van der Waals surface area (Å²) in [6, 6.07) is 6.09. The van der Waals surface area contributed by atoms with E-state index < -0.39 is 0 Å². The SMILES string of the molecule is CSc1cccc(NCC2CCCCO2)c1C(N)=S. The number of nitrogens with one attached hydrogen (secondary N) is 1. The zero-order valence-corrected chi connectivity index (χ0v) is 12.8. The Morgan fingerprint density at radius 2 is 2.37 bits per heavy atom. The number of anilines is 1. The number of thiocarbonyl (C=S) groups is 1. The van der Waals surface area contributed by atoms with Crippen molar-refractivity contribution in [3.63, 3.8) is 0 Å². The minimum atomic E-state index is 0.297. The highest BCUT2D eigenvalue weighted by atomic mass is 32.2. The molecule has 1 aromatic carbocycles. The van der Waals surface area contributed by atoms with Gasteiger partial charge in [-0.2, -0.15) is 0 Å². The zero-order chi connectivity index (χ0) is 13.7. The Bertz CT molecular complexity index is 445. The molecule has 0 bridgehead atoms. The van der Waals surface area contributed by atoms with Crippen molar-refractivity contribution in [1.82, 2.24) is 0 Å². The molecule has 1 atom stereocenters. The van der Waals surface area contributed by atoms with Crippen molar-refractivity contribution in [2.45, 2.75) is 30.3 Å². The van der Waals surface area contributed by atoms with Crippen molar-refractivity contribution in [2.24, 2.45) is 5.73 Å². The molecule has 1 aliphatic heterocycles. The minimum absolute atomic E-state index is 0.297. The van der Waals surface area contributed by atoms with Gasteiger partial charge in [-0.05, 0) is 37.7 Å². The van der Waals surface area contributed by atoms with E-state index >= 15 is 0 Å². The van der Waals surface area contributed by atoms with Gasteiger partial charge in [-0.3, -0.25) is 0 Å². The summed E-state index contributed by atoms with van der Waals surface area (Å²) in [5.41, 5.74) is 7.80. The first-order valence-electron chi connectivity index (χ1n) is 6.54. The topological polar surface area (TPSA) is 47.3 Å². The second-order valence-corrected chi connectivity index (χ2v) is 5.90. The number of hydrogen-bond donors (Lipinski definition) is 2. The lowest BCUT2D eigenvalue weighted by Crippen LogP contribution is -2.27. The van der Waals surface area contributed by atoms with Crippen molar-refractivity contribution < 1.29 is 4.74 Å². The van der Waals surface area contributed by atoms with Gasteiger partial charge < -0.3 is 15.8 Å². The molecule has 0 amide bonds. The summed E-state index contributed by atoms with van der Waals surface area (Å²) in [5, 5.41) is 3.43. The summed E-state index contributed by atoms with van der Waals surface area (Å²) in [4.78, 5) is 1.55. The van der Waals surface area contributed by atoms with E-state index in [2.05, 4.69) is 5.32 Å².